The number of allylic oxidation sites excluding steroid dienone is 10. The quantitative estimate of drug-likeness (QED) is 0.0263. The molecule has 0 aromatic rings. The molecule has 0 aromatic carbocycles. The van der Waals surface area contributed by atoms with E-state index in [9.17, 15) is 14.4 Å². The normalized spacial score (nSPS) is 12.5. The number of unbranched alkanes of at least 4 members (excludes halogenated alkanes) is 25. The Labute approximate surface area is 377 Å². The summed E-state index contributed by atoms with van der Waals surface area (Å²) in [6.07, 6.45) is 60.6. The van der Waals surface area contributed by atoms with Gasteiger partial charge in [-0.2, -0.15) is 0 Å². The molecular formula is C55H96O6. The Kier molecular flexibility index (Phi) is 47.4. The molecule has 0 heterocycles. The van der Waals surface area contributed by atoms with Gasteiger partial charge in [-0.25, -0.2) is 0 Å². The van der Waals surface area contributed by atoms with Gasteiger partial charge in [-0.05, 0) is 83.5 Å². The lowest BCUT2D eigenvalue weighted by Gasteiger charge is -2.18. The first-order valence-corrected chi connectivity index (χ1v) is 25.8. The zero-order chi connectivity index (χ0) is 44.4. The van der Waals surface area contributed by atoms with Crippen molar-refractivity contribution < 1.29 is 28.6 Å². The monoisotopic (exact) mass is 853 g/mol. The summed E-state index contributed by atoms with van der Waals surface area (Å²) in [7, 11) is 0. The second-order valence-corrected chi connectivity index (χ2v) is 17.1. The lowest BCUT2D eigenvalue weighted by Crippen LogP contribution is -2.30. The van der Waals surface area contributed by atoms with Crippen molar-refractivity contribution in [3.05, 3.63) is 60.8 Å². The first-order valence-electron chi connectivity index (χ1n) is 25.8. The van der Waals surface area contributed by atoms with Gasteiger partial charge in [0.25, 0.3) is 0 Å². The molecule has 0 aliphatic carbocycles. The van der Waals surface area contributed by atoms with E-state index in [1.54, 1.807) is 0 Å². The minimum atomic E-state index is -0.794. The van der Waals surface area contributed by atoms with Crippen molar-refractivity contribution in [2.24, 2.45) is 0 Å². The van der Waals surface area contributed by atoms with Gasteiger partial charge in [-0.1, -0.05) is 210 Å². The number of rotatable bonds is 46. The number of hydrogen-bond acceptors (Lipinski definition) is 6. The Morgan fingerprint density at radius 1 is 0.344 bits per heavy atom. The van der Waals surface area contributed by atoms with E-state index < -0.39 is 6.10 Å². The van der Waals surface area contributed by atoms with Crippen molar-refractivity contribution >= 4 is 17.9 Å². The fourth-order valence-corrected chi connectivity index (χ4v) is 7.13. The molecular weight excluding hydrogens is 757 g/mol. The fourth-order valence-electron chi connectivity index (χ4n) is 7.13. The van der Waals surface area contributed by atoms with Crippen molar-refractivity contribution in [1.82, 2.24) is 0 Å². The Morgan fingerprint density at radius 2 is 0.639 bits per heavy atom. The average Bonchev–Trinajstić information content (AvgIpc) is 3.26. The summed E-state index contributed by atoms with van der Waals surface area (Å²) in [4.78, 5) is 37.9. The topological polar surface area (TPSA) is 78.9 Å². The summed E-state index contributed by atoms with van der Waals surface area (Å²) < 4.78 is 16.8. The summed E-state index contributed by atoms with van der Waals surface area (Å²) >= 11 is 0. The lowest BCUT2D eigenvalue weighted by molar-refractivity contribution is -0.167. The molecule has 1 atom stereocenters. The smallest absolute Gasteiger partial charge is 0.306 e. The maximum absolute atomic E-state index is 12.8. The Hall–Kier alpha value is -2.89. The van der Waals surface area contributed by atoms with E-state index in [1.165, 1.54) is 128 Å². The summed E-state index contributed by atoms with van der Waals surface area (Å²) in [6.45, 7) is 6.48. The highest BCUT2D eigenvalue weighted by Gasteiger charge is 2.19. The van der Waals surface area contributed by atoms with Crippen LogP contribution >= 0.6 is 0 Å². The van der Waals surface area contributed by atoms with Crippen LogP contribution in [0.4, 0.5) is 0 Å². The van der Waals surface area contributed by atoms with E-state index in [1.807, 2.05) is 0 Å². The average molecular weight is 853 g/mol. The van der Waals surface area contributed by atoms with Crippen molar-refractivity contribution in [1.29, 1.82) is 0 Å². The van der Waals surface area contributed by atoms with E-state index in [-0.39, 0.29) is 37.5 Å². The molecule has 352 valence electrons. The fraction of sp³-hybridized carbons (Fsp3) is 0.764. The number of carbonyl (C=O) groups is 3. The van der Waals surface area contributed by atoms with Gasteiger partial charge in [0, 0.05) is 19.3 Å². The second-order valence-electron chi connectivity index (χ2n) is 17.1. The minimum absolute atomic E-state index is 0.0903. The van der Waals surface area contributed by atoms with Crippen molar-refractivity contribution in [3.63, 3.8) is 0 Å². The standard InChI is InChI=1S/C55H96O6/c1-4-7-10-13-16-19-22-25-27-30-33-36-39-42-45-48-54(57)60-51-52(50-59-53(56)47-44-41-38-35-32-29-24-21-18-15-12-9-6-3)61-55(58)49-46-43-40-37-34-31-28-26-23-20-17-14-11-8-5-2/h8,11,17,19-20,22,26,28,34,37,52H,4-7,9-10,12-16,18,21,23-25,27,29-33,35-36,38-51H2,1-3H3/b11-8-,20-17-,22-19-,28-26-,37-34-/t52-/m0/s1. The van der Waals surface area contributed by atoms with Gasteiger partial charge in [0.1, 0.15) is 13.2 Å². The Morgan fingerprint density at radius 3 is 1.07 bits per heavy atom. The van der Waals surface area contributed by atoms with Crippen LogP contribution in [0.25, 0.3) is 0 Å². The summed E-state index contributed by atoms with van der Waals surface area (Å²) in [5.41, 5.74) is 0. The Balaban J connectivity index is 4.44. The molecule has 0 saturated carbocycles. The highest BCUT2D eigenvalue weighted by atomic mass is 16.6. The van der Waals surface area contributed by atoms with Gasteiger partial charge in [0.15, 0.2) is 6.10 Å². The van der Waals surface area contributed by atoms with Gasteiger partial charge in [0.2, 0.25) is 0 Å². The third kappa shape index (κ3) is 48.0. The van der Waals surface area contributed by atoms with E-state index in [0.29, 0.717) is 19.3 Å². The molecule has 0 radical (unpaired) electrons. The van der Waals surface area contributed by atoms with Crippen LogP contribution in [0, 0.1) is 0 Å². The van der Waals surface area contributed by atoms with Gasteiger partial charge in [-0.15, -0.1) is 0 Å². The first kappa shape index (κ1) is 58.1. The minimum Gasteiger partial charge on any atom is -0.462 e. The molecule has 0 amide bonds. The van der Waals surface area contributed by atoms with Crippen LogP contribution in [0.2, 0.25) is 0 Å². The van der Waals surface area contributed by atoms with E-state index in [0.717, 1.165) is 77.0 Å². The lowest BCUT2D eigenvalue weighted by atomic mass is 10.0. The van der Waals surface area contributed by atoms with E-state index in [4.69, 9.17) is 14.2 Å². The van der Waals surface area contributed by atoms with Crippen LogP contribution in [-0.2, 0) is 28.6 Å². The van der Waals surface area contributed by atoms with E-state index in [2.05, 4.69) is 81.5 Å². The Bertz CT molecular complexity index is 1120. The molecule has 6 nitrogen and oxygen atoms in total. The predicted molar refractivity (Wildman–Crippen MR) is 261 cm³/mol. The number of esters is 3. The molecule has 6 heteroatoms. The molecule has 0 unspecified atom stereocenters. The maximum Gasteiger partial charge on any atom is 0.306 e. The molecule has 0 aliphatic heterocycles. The van der Waals surface area contributed by atoms with Gasteiger partial charge < -0.3 is 14.2 Å². The SMILES string of the molecule is CC/C=C\C/C=C\C/C=C\C/C=C\CCCCC(=O)O[C@H](COC(=O)CCCCCCCCC/C=C\CCCCCC)COC(=O)CCCCCCCCCCCCCCC. The number of ether oxygens (including phenoxy) is 3. The molecule has 0 N–H and O–H groups in total. The van der Waals surface area contributed by atoms with Crippen molar-refractivity contribution in [2.45, 2.75) is 258 Å². The molecule has 0 spiro atoms. The van der Waals surface area contributed by atoms with Crippen LogP contribution in [0.15, 0.2) is 60.8 Å². The van der Waals surface area contributed by atoms with Crippen LogP contribution in [0.5, 0.6) is 0 Å². The third-order valence-electron chi connectivity index (χ3n) is 11.0. The maximum atomic E-state index is 12.8. The zero-order valence-electron chi connectivity index (χ0n) is 40.2. The van der Waals surface area contributed by atoms with Gasteiger partial charge >= 0.3 is 17.9 Å². The van der Waals surface area contributed by atoms with Crippen LogP contribution < -0.4 is 0 Å². The van der Waals surface area contributed by atoms with Gasteiger partial charge in [-0.3, -0.25) is 14.4 Å². The summed E-state index contributed by atoms with van der Waals surface area (Å²) in [5.74, 6) is -0.932. The van der Waals surface area contributed by atoms with Gasteiger partial charge in [0.05, 0.1) is 0 Å². The van der Waals surface area contributed by atoms with Crippen molar-refractivity contribution in [2.75, 3.05) is 13.2 Å². The predicted octanol–water partition coefficient (Wildman–Crippen LogP) is 16.9. The van der Waals surface area contributed by atoms with Crippen LogP contribution in [0.3, 0.4) is 0 Å². The molecule has 0 fully saturated rings. The summed E-state index contributed by atoms with van der Waals surface area (Å²) in [6, 6.07) is 0. The molecule has 0 saturated heterocycles. The van der Waals surface area contributed by atoms with Crippen LogP contribution in [-0.4, -0.2) is 37.2 Å². The molecule has 61 heavy (non-hydrogen) atoms. The first-order chi connectivity index (χ1) is 30.0. The van der Waals surface area contributed by atoms with E-state index >= 15 is 0 Å². The second kappa shape index (κ2) is 49.8. The highest BCUT2D eigenvalue weighted by molar-refractivity contribution is 5.71. The van der Waals surface area contributed by atoms with Crippen molar-refractivity contribution in [3.8, 4) is 0 Å². The number of carbonyl (C=O) groups excluding carboxylic acids is 3. The largest absolute Gasteiger partial charge is 0.462 e. The molecule has 0 bridgehead atoms. The molecule has 0 aliphatic rings. The molecule has 0 rings (SSSR count). The zero-order valence-corrected chi connectivity index (χ0v) is 40.2. The molecule has 0 aromatic heterocycles. The summed E-state index contributed by atoms with van der Waals surface area (Å²) in [5, 5.41) is 0. The third-order valence-corrected chi connectivity index (χ3v) is 11.0. The number of hydrogen-bond donors (Lipinski definition) is 0. The van der Waals surface area contributed by atoms with Crippen LogP contribution in [0.1, 0.15) is 252 Å². The highest BCUT2D eigenvalue weighted by Crippen LogP contribution is 2.15.